The molecule has 0 spiro atoms. The van der Waals surface area contributed by atoms with Gasteiger partial charge >= 0.3 is 0 Å². The zero-order valence-electron chi connectivity index (χ0n) is 7.89. The summed E-state index contributed by atoms with van der Waals surface area (Å²) in [5.74, 6) is 0. The maximum atomic E-state index is 12.9. The molecule has 0 aromatic carbocycles. The van der Waals surface area contributed by atoms with E-state index in [-0.39, 0.29) is 5.41 Å². The fourth-order valence-electron chi connectivity index (χ4n) is 1.95. The summed E-state index contributed by atoms with van der Waals surface area (Å²) in [7, 11) is 2.01. The number of rotatable bonds is 0. The molecule has 0 aromatic heterocycles. The van der Waals surface area contributed by atoms with E-state index >= 15 is 0 Å². The van der Waals surface area contributed by atoms with Gasteiger partial charge in [-0.25, -0.2) is 4.39 Å². The quantitative estimate of drug-likeness (QED) is 0.523. The van der Waals surface area contributed by atoms with Crippen LogP contribution in [0.25, 0.3) is 0 Å². The Morgan fingerprint density at radius 2 is 1.91 bits per heavy atom. The van der Waals surface area contributed by atoms with Crippen molar-refractivity contribution in [3.63, 3.8) is 0 Å². The van der Waals surface area contributed by atoms with Crippen molar-refractivity contribution in [2.24, 2.45) is 5.41 Å². The second kappa shape index (κ2) is 2.74. The van der Waals surface area contributed by atoms with Crippen LogP contribution in [0.4, 0.5) is 4.39 Å². The maximum absolute atomic E-state index is 12.9. The first kappa shape index (κ1) is 8.98. The zero-order valence-corrected chi connectivity index (χ0v) is 7.89. The summed E-state index contributed by atoms with van der Waals surface area (Å²) >= 11 is 0. The summed E-state index contributed by atoms with van der Waals surface area (Å²) in [6.45, 7) is 7.13. The molecule has 2 atom stereocenters. The Balaban J connectivity index is 2.60. The van der Waals surface area contributed by atoms with Crippen LogP contribution in [0.5, 0.6) is 0 Å². The van der Waals surface area contributed by atoms with Crippen LogP contribution >= 0.6 is 0 Å². The number of halogens is 1. The molecular weight excluding hydrogens is 141 g/mol. The smallest absolute Gasteiger partial charge is 0.114 e. The van der Waals surface area contributed by atoms with Gasteiger partial charge in [0.05, 0.1) is 0 Å². The molecule has 1 nitrogen and oxygen atoms in total. The molecule has 1 saturated heterocycles. The molecule has 0 amide bonds. The fraction of sp³-hybridized carbons (Fsp3) is 1.00. The minimum absolute atomic E-state index is 0.218. The van der Waals surface area contributed by atoms with Crippen molar-refractivity contribution in [3.8, 4) is 0 Å². The molecule has 1 aliphatic rings. The van der Waals surface area contributed by atoms with E-state index in [9.17, 15) is 4.39 Å². The van der Waals surface area contributed by atoms with E-state index in [0.717, 1.165) is 0 Å². The number of hydrogen-bond donors (Lipinski definition) is 0. The van der Waals surface area contributed by atoms with Gasteiger partial charge in [-0.3, -0.25) is 4.90 Å². The van der Waals surface area contributed by atoms with Crippen molar-refractivity contribution in [2.45, 2.75) is 39.4 Å². The molecule has 0 radical (unpaired) electrons. The van der Waals surface area contributed by atoms with Gasteiger partial charge in [0.15, 0.2) is 0 Å². The maximum Gasteiger partial charge on any atom is 0.114 e. The molecular formula is C9H18FN. The lowest BCUT2D eigenvalue weighted by molar-refractivity contribution is 0.169. The van der Waals surface area contributed by atoms with Gasteiger partial charge in [-0.2, -0.15) is 0 Å². The first-order valence-corrected chi connectivity index (χ1v) is 4.25. The summed E-state index contributed by atoms with van der Waals surface area (Å²) in [6.07, 6.45) is 0.101. The summed E-state index contributed by atoms with van der Waals surface area (Å²) < 4.78 is 12.9. The molecule has 0 aromatic rings. The fourth-order valence-corrected chi connectivity index (χ4v) is 1.95. The summed E-state index contributed by atoms with van der Waals surface area (Å²) in [5, 5.41) is 0. The van der Waals surface area contributed by atoms with Gasteiger partial charge in [-0.05, 0) is 18.9 Å². The molecule has 0 N–H and O–H groups in total. The van der Waals surface area contributed by atoms with Crippen LogP contribution in [-0.4, -0.2) is 30.7 Å². The lowest BCUT2D eigenvalue weighted by Crippen LogP contribution is -2.36. The minimum Gasteiger partial charge on any atom is -0.300 e. The van der Waals surface area contributed by atoms with E-state index in [2.05, 4.69) is 25.7 Å². The van der Waals surface area contributed by atoms with E-state index in [0.29, 0.717) is 19.0 Å². The molecule has 11 heavy (non-hydrogen) atoms. The van der Waals surface area contributed by atoms with Crippen LogP contribution in [-0.2, 0) is 0 Å². The van der Waals surface area contributed by atoms with Crippen molar-refractivity contribution >= 4 is 0 Å². The Morgan fingerprint density at radius 3 is 2.09 bits per heavy atom. The van der Waals surface area contributed by atoms with E-state index in [1.165, 1.54) is 0 Å². The van der Waals surface area contributed by atoms with Crippen molar-refractivity contribution in [1.29, 1.82) is 0 Å². The third-order valence-electron chi connectivity index (χ3n) is 2.50. The normalized spacial score (nSPS) is 34.6. The number of hydrogen-bond acceptors (Lipinski definition) is 1. The summed E-state index contributed by atoms with van der Waals surface area (Å²) in [6, 6.07) is 0.414. The van der Waals surface area contributed by atoms with Crippen LogP contribution in [0.2, 0.25) is 0 Å². The minimum atomic E-state index is -0.607. The molecule has 1 aliphatic heterocycles. The second-order valence-corrected chi connectivity index (χ2v) is 4.65. The lowest BCUT2D eigenvalue weighted by atomic mass is 9.85. The average molecular weight is 159 g/mol. The van der Waals surface area contributed by atoms with Gasteiger partial charge < -0.3 is 0 Å². The molecule has 1 rings (SSSR count). The van der Waals surface area contributed by atoms with Gasteiger partial charge in [0, 0.05) is 12.6 Å². The van der Waals surface area contributed by atoms with Gasteiger partial charge in [-0.15, -0.1) is 0 Å². The summed E-state index contributed by atoms with van der Waals surface area (Å²) in [5.41, 5.74) is 0.218. The predicted molar refractivity (Wildman–Crippen MR) is 45.4 cm³/mol. The highest BCUT2D eigenvalue weighted by molar-refractivity contribution is 4.90. The standard InChI is InChI=1S/C9H18FN/c1-9(2,3)8-5-7(10)6-11(8)4/h7-8H,5-6H2,1-4H3. The first-order chi connectivity index (χ1) is 4.91. The highest BCUT2D eigenvalue weighted by Gasteiger charge is 2.36. The Hall–Kier alpha value is -0.110. The Morgan fingerprint density at radius 1 is 1.36 bits per heavy atom. The molecule has 1 heterocycles. The lowest BCUT2D eigenvalue weighted by Gasteiger charge is -2.32. The Kier molecular flexibility index (Phi) is 2.24. The van der Waals surface area contributed by atoms with E-state index < -0.39 is 6.17 Å². The Bertz CT molecular complexity index is 139. The SMILES string of the molecule is CN1CC(F)CC1C(C)(C)C. The highest BCUT2D eigenvalue weighted by atomic mass is 19.1. The first-order valence-electron chi connectivity index (χ1n) is 4.25. The van der Waals surface area contributed by atoms with Crippen LogP contribution in [0.1, 0.15) is 27.2 Å². The predicted octanol–water partition coefficient (Wildman–Crippen LogP) is 2.07. The third-order valence-corrected chi connectivity index (χ3v) is 2.50. The topological polar surface area (TPSA) is 3.24 Å². The van der Waals surface area contributed by atoms with Crippen LogP contribution in [0.3, 0.4) is 0 Å². The van der Waals surface area contributed by atoms with Gasteiger partial charge in [0.1, 0.15) is 6.17 Å². The zero-order chi connectivity index (χ0) is 8.65. The molecule has 66 valence electrons. The molecule has 0 aliphatic carbocycles. The number of likely N-dealkylation sites (tertiary alicyclic amines) is 1. The molecule has 2 heteroatoms. The number of nitrogens with zero attached hydrogens (tertiary/aromatic N) is 1. The van der Waals surface area contributed by atoms with Crippen LogP contribution in [0, 0.1) is 5.41 Å². The van der Waals surface area contributed by atoms with Crippen LogP contribution < -0.4 is 0 Å². The highest BCUT2D eigenvalue weighted by Crippen LogP contribution is 2.32. The van der Waals surface area contributed by atoms with Crippen molar-refractivity contribution in [3.05, 3.63) is 0 Å². The van der Waals surface area contributed by atoms with E-state index in [1.807, 2.05) is 7.05 Å². The Labute approximate surface area is 68.6 Å². The van der Waals surface area contributed by atoms with Crippen molar-refractivity contribution in [1.82, 2.24) is 4.90 Å². The number of alkyl halides is 1. The molecule has 0 bridgehead atoms. The molecule has 2 unspecified atom stereocenters. The van der Waals surface area contributed by atoms with Crippen molar-refractivity contribution < 1.29 is 4.39 Å². The van der Waals surface area contributed by atoms with E-state index in [4.69, 9.17) is 0 Å². The second-order valence-electron chi connectivity index (χ2n) is 4.65. The van der Waals surface area contributed by atoms with Gasteiger partial charge in [0.2, 0.25) is 0 Å². The average Bonchev–Trinajstić information content (AvgIpc) is 2.08. The van der Waals surface area contributed by atoms with Crippen molar-refractivity contribution in [2.75, 3.05) is 13.6 Å². The third kappa shape index (κ3) is 1.92. The van der Waals surface area contributed by atoms with Gasteiger partial charge in [-0.1, -0.05) is 20.8 Å². The monoisotopic (exact) mass is 159 g/mol. The van der Waals surface area contributed by atoms with Gasteiger partial charge in [0.25, 0.3) is 0 Å². The summed E-state index contributed by atoms with van der Waals surface area (Å²) in [4.78, 5) is 2.13. The molecule has 1 fully saturated rings. The molecule has 0 saturated carbocycles. The van der Waals surface area contributed by atoms with Crippen LogP contribution in [0.15, 0.2) is 0 Å². The van der Waals surface area contributed by atoms with E-state index in [1.54, 1.807) is 0 Å². The largest absolute Gasteiger partial charge is 0.300 e.